The van der Waals surface area contributed by atoms with E-state index in [1.807, 2.05) is 0 Å². The van der Waals surface area contributed by atoms with E-state index in [1.165, 1.54) is 0 Å². The first-order chi connectivity index (χ1) is 0. The summed E-state index contributed by atoms with van der Waals surface area (Å²) in [6, 6.07) is 0. The summed E-state index contributed by atoms with van der Waals surface area (Å²) in [6.07, 6.45) is 0. The van der Waals surface area contributed by atoms with Gasteiger partial charge in [-0.15, -0.1) is 0 Å². The minimum Gasteiger partial charge on any atom is -1.00 e. The van der Waals surface area contributed by atoms with Gasteiger partial charge in [-0.05, 0) is 0 Å². The van der Waals surface area contributed by atoms with E-state index < -0.39 is 0 Å². The molecule has 0 rings (SSSR count). The van der Waals surface area contributed by atoms with Crippen LogP contribution in [0.1, 0.15) is 0 Å². The zero-order chi connectivity index (χ0) is 0. The summed E-state index contributed by atoms with van der Waals surface area (Å²) >= 11 is 0. The summed E-state index contributed by atoms with van der Waals surface area (Å²) in [7, 11) is 0. The van der Waals surface area contributed by atoms with Crippen molar-refractivity contribution in [1.29, 1.82) is 0 Å². The van der Waals surface area contributed by atoms with Gasteiger partial charge in [-0.3, -0.25) is 0 Å². The maximum absolute atomic E-state index is 0. The molecule has 0 saturated heterocycles. The number of rotatable bonds is 0. The van der Waals surface area contributed by atoms with E-state index in [4.69, 9.17) is 0 Å². The summed E-state index contributed by atoms with van der Waals surface area (Å²) in [4.78, 5) is 0. The molecule has 0 aromatic heterocycles. The van der Waals surface area contributed by atoms with E-state index in [0.29, 0.717) is 0 Å². The molecule has 0 aliphatic rings. The Hall–Kier alpha value is 2.64. The van der Waals surface area contributed by atoms with Crippen LogP contribution >= 0.6 is 0 Å². The van der Waals surface area contributed by atoms with Crippen molar-refractivity contribution in [3.05, 3.63) is 0 Å². The van der Waals surface area contributed by atoms with E-state index >= 15 is 0 Å². The van der Waals surface area contributed by atoms with Crippen molar-refractivity contribution in [1.82, 2.24) is 0 Å². The fraction of sp³-hybridized carbons (Fsp3) is 0. The van der Waals surface area contributed by atoms with E-state index in [2.05, 4.69) is 0 Å². The van der Waals surface area contributed by atoms with Crippen molar-refractivity contribution in [2.24, 2.45) is 0 Å². The SMILES string of the molecule is [Cl-].[Cl-].[Cl-].[Cl-].[Sr+2]. The zero-order valence-corrected chi connectivity index (χ0v) is 8.72. The van der Waals surface area contributed by atoms with E-state index in [9.17, 15) is 0 Å². The van der Waals surface area contributed by atoms with Gasteiger partial charge in [0.1, 0.15) is 0 Å². The van der Waals surface area contributed by atoms with Gasteiger partial charge in [0.05, 0.1) is 0 Å². The van der Waals surface area contributed by atoms with Crippen LogP contribution in [-0.4, -0.2) is 45.5 Å². The first-order valence-electron chi connectivity index (χ1n) is 0. The molecule has 0 nitrogen and oxygen atoms in total. The van der Waals surface area contributed by atoms with Gasteiger partial charge < -0.3 is 49.6 Å². The fourth-order valence-corrected chi connectivity index (χ4v) is 0. The normalized spacial score (nSPS) is 0. The van der Waals surface area contributed by atoms with Crippen molar-refractivity contribution in [3.8, 4) is 0 Å². The molecule has 32 valence electrons. The average molecular weight is 229 g/mol. The second-order valence-electron chi connectivity index (χ2n) is 0. The number of halogens is 4. The molecule has 0 fully saturated rings. The zero-order valence-electron chi connectivity index (χ0n) is 2.22. The largest absolute Gasteiger partial charge is 2.00 e. The molecule has 0 aliphatic carbocycles. The molecule has 0 saturated carbocycles. The smallest absolute Gasteiger partial charge is 1.00 e. The van der Waals surface area contributed by atoms with Gasteiger partial charge in [-0.1, -0.05) is 0 Å². The van der Waals surface area contributed by atoms with Crippen molar-refractivity contribution < 1.29 is 49.6 Å². The first-order valence-corrected chi connectivity index (χ1v) is 0. The summed E-state index contributed by atoms with van der Waals surface area (Å²) in [5, 5.41) is 0. The van der Waals surface area contributed by atoms with Gasteiger partial charge in [0.25, 0.3) is 0 Å². The van der Waals surface area contributed by atoms with Crippen LogP contribution in [0.5, 0.6) is 0 Å². The van der Waals surface area contributed by atoms with Crippen LogP contribution in [0.4, 0.5) is 0 Å². The van der Waals surface area contributed by atoms with Gasteiger partial charge >= 0.3 is 45.5 Å². The molecule has 0 aromatic rings. The van der Waals surface area contributed by atoms with E-state index in [0.717, 1.165) is 0 Å². The first kappa shape index (κ1) is 48.3. The minimum atomic E-state index is 0. The van der Waals surface area contributed by atoms with Crippen LogP contribution in [0, 0.1) is 0 Å². The van der Waals surface area contributed by atoms with Crippen molar-refractivity contribution >= 4 is 45.5 Å². The van der Waals surface area contributed by atoms with E-state index in [-0.39, 0.29) is 95.1 Å². The summed E-state index contributed by atoms with van der Waals surface area (Å²) in [6.45, 7) is 0. The summed E-state index contributed by atoms with van der Waals surface area (Å²) in [5.41, 5.74) is 0. The number of hydrogen-bond donors (Lipinski definition) is 0. The molecule has 0 aliphatic heterocycles. The van der Waals surface area contributed by atoms with Gasteiger partial charge in [-0.2, -0.15) is 0 Å². The van der Waals surface area contributed by atoms with Crippen molar-refractivity contribution in [2.45, 2.75) is 0 Å². The molecular weight excluding hydrogens is 229 g/mol. The van der Waals surface area contributed by atoms with Gasteiger partial charge in [0.15, 0.2) is 0 Å². The minimum absolute atomic E-state index is 0. The molecule has 0 unspecified atom stereocenters. The molecule has 0 radical (unpaired) electrons. The third-order valence-electron chi connectivity index (χ3n) is 0. The molecule has 0 amide bonds. The van der Waals surface area contributed by atoms with Crippen LogP contribution in [0.2, 0.25) is 0 Å². The van der Waals surface area contributed by atoms with Crippen molar-refractivity contribution in [3.63, 3.8) is 0 Å². The van der Waals surface area contributed by atoms with Crippen LogP contribution in [0.3, 0.4) is 0 Å². The Morgan fingerprint density at radius 1 is 0.400 bits per heavy atom. The molecule has 0 aromatic carbocycles. The Kier molecular flexibility index (Phi) is 293. The maximum Gasteiger partial charge on any atom is 2.00 e. The van der Waals surface area contributed by atoms with E-state index in [1.54, 1.807) is 0 Å². The standard InChI is InChI=1S/4ClH.Sr/h4*1H;/q;;;;+2/p-4. The Morgan fingerprint density at radius 3 is 0.400 bits per heavy atom. The summed E-state index contributed by atoms with van der Waals surface area (Å²) in [5.74, 6) is 0. The van der Waals surface area contributed by atoms with Gasteiger partial charge in [-0.25, -0.2) is 0 Å². The third-order valence-corrected chi connectivity index (χ3v) is 0. The van der Waals surface area contributed by atoms with Crippen LogP contribution in [-0.2, 0) is 0 Å². The maximum atomic E-state index is 0. The average Bonchev–Trinajstić information content (AvgIpc) is 0. The number of hydrogen-bond acceptors (Lipinski definition) is 0. The molecule has 0 bridgehead atoms. The Labute approximate surface area is 93.4 Å². The molecule has 0 heterocycles. The van der Waals surface area contributed by atoms with Gasteiger partial charge in [0.2, 0.25) is 0 Å². The Morgan fingerprint density at radius 2 is 0.400 bits per heavy atom. The molecule has 5 heteroatoms. The third kappa shape index (κ3) is 20.5. The predicted molar refractivity (Wildman–Crippen MR) is 5.75 cm³/mol. The van der Waals surface area contributed by atoms with Crippen LogP contribution in [0.15, 0.2) is 0 Å². The molecule has 0 atom stereocenters. The Bertz CT molecular complexity index is 3.61. The molecule has 0 spiro atoms. The fourth-order valence-electron chi connectivity index (χ4n) is 0. The second kappa shape index (κ2) is 30.3. The molecule has 5 heavy (non-hydrogen) atoms. The molecule has 0 N–H and O–H groups in total. The second-order valence-corrected chi connectivity index (χ2v) is 0. The topological polar surface area (TPSA) is 0 Å². The quantitative estimate of drug-likeness (QED) is 0.362. The Balaban J connectivity index is 0. The van der Waals surface area contributed by atoms with Crippen molar-refractivity contribution in [2.75, 3.05) is 0 Å². The van der Waals surface area contributed by atoms with Gasteiger partial charge in [0, 0.05) is 0 Å². The van der Waals surface area contributed by atoms with Crippen LogP contribution < -0.4 is 49.6 Å². The van der Waals surface area contributed by atoms with Crippen LogP contribution in [0.25, 0.3) is 0 Å². The summed E-state index contributed by atoms with van der Waals surface area (Å²) < 4.78 is 0. The predicted octanol–water partition coefficient (Wildman–Crippen LogP) is -12.4. The monoisotopic (exact) mass is 228 g/mol. The molecular formula is Cl4Sr-2.